The van der Waals surface area contributed by atoms with Crippen LogP contribution in [0.2, 0.25) is 0 Å². The fraction of sp³-hybridized carbons (Fsp3) is 0.278. The van der Waals surface area contributed by atoms with Crippen molar-refractivity contribution >= 4 is 5.97 Å². The Morgan fingerprint density at radius 1 is 1.27 bits per heavy atom. The van der Waals surface area contributed by atoms with E-state index in [1.807, 2.05) is 18.2 Å². The summed E-state index contributed by atoms with van der Waals surface area (Å²) in [6.07, 6.45) is 12.5. The molecule has 1 aromatic rings. The first-order valence-electron chi connectivity index (χ1n) is 7.23. The van der Waals surface area contributed by atoms with Crippen LogP contribution in [0, 0.1) is 5.82 Å². The Hall–Kier alpha value is -2.36. The van der Waals surface area contributed by atoms with Crippen molar-refractivity contribution in [1.82, 2.24) is 0 Å². The Morgan fingerprint density at radius 3 is 2.64 bits per heavy atom. The number of carboxylic acid groups (broad SMARTS) is 1. The molecule has 1 saturated carbocycles. The second-order valence-corrected chi connectivity index (χ2v) is 5.29. The van der Waals surface area contributed by atoms with Crippen LogP contribution in [0.3, 0.4) is 0 Å². The van der Waals surface area contributed by atoms with Crippen molar-refractivity contribution in [1.29, 1.82) is 0 Å². The number of benzene rings is 1. The van der Waals surface area contributed by atoms with Gasteiger partial charge in [0.15, 0.2) is 11.6 Å². The largest absolute Gasteiger partial charge is 0.545 e. The predicted octanol–water partition coefficient (Wildman–Crippen LogP) is 3.18. The lowest BCUT2D eigenvalue weighted by Gasteiger charge is -2.27. The van der Waals surface area contributed by atoms with E-state index in [0.29, 0.717) is 0 Å². The third-order valence-electron chi connectivity index (χ3n) is 3.69. The number of carbonyl (C=O) groups is 1. The van der Waals surface area contributed by atoms with Gasteiger partial charge in [0.05, 0.1) is 5.97 Å². The van der Waals surface area contributed by atoms with Crippen LogP contribution >= 0.6 is 0 Å². The number of carboxylic acids is 1. The molecule has 0 amide bonds. The van der Waals surface area contributed by atoms with Crippen LogP contribution < -0.4 is 9.84 Å². The Labute approximate surface area is 129 Å². The van der Waals surface area contributed by atoms with Gasteiger partial charge in [-0.2, -0.15) is 0 Å². The third-order valence-corrected chi connectivity index (χ3v) is 3.69. The average molecular weight is 301 g/mol. The number of aromatic carboxylic acids is 1. The number of ether oxygens (including phenoxy) is 1. The van der Waals surface area contributed by atoms with E-state index < -0.39 is 17.4 Å². The minimum Gasteiger partial charge on any atom is -0.545 e. The highest BCUT2D eigenvalue weighted by Crippen LogP contribution is 2.36. The number of halogens is 1. The molecule has 0 radical (unpaired) electrons. The highest BCUT2D eigenvalue weighted by molar-refractivity contribution is 5.86. The Balaban J connectivity index is 2.26. The Morgan fingerprint density at radius 2 is 2.00 bits per heavy atom. The first-order valence-corrected chi connectivity index (χ1v) is 7.23. The molecule has 4 heteroatoms. The van der Waals surface area contributed by atoms with Crippen molar-refractivity contribution in [2.24, 2.45) is 0 Å². The van der Waals surface area contributed by atoms with Gasteiger partial charge in [0.2, 0.25) is 0 Å². The maximum atomic E-state index is 13.9. The maximum absolute atomic E-state index is 13.9. The van der Waals surface area contributed by atoms with Gasteiger partial charge >= 0.3 is 0 Å². The van der Waals surface area contributed by atoms with E-state index in [2.05, 4.69) is 6.58 Å². The molecule has 1 fully saturated rings. The summed E-state index contributed by atoms with van der Waals surface area (Å²) in [5.41, 5.74) is -0.697. The zero-order valence-corrected chi connectivity index (χ0v) is 12.3. The van der Waals surface area contributed by atoms with Crippen molar-refractivity contribution in [3.05, 3.63) is 66.5 Å². The zero-order valence-electron chi connectivity index (χ0n) is 12.3. The van der Waals surface area contributed by atoms with Crippen LogP contribution in [-0.4, -0.2) is 11.6 Å². The van der Waals surface area contributed by atoms with Gasteiger partial charge in [-0.05, 0) is 50.0 Å². The molecule has 3 nitrogen and oxygen atoms in total. The lowest BCUT2D eigenvalue weighted by atomic mass is 10.0. The van der Waals surface area contributed by atoms with Gasteiger partial charge in [-0.25, -0.2) is 4.39 Å². The van der Waals surface area contributed by atoms with Crippen molar-refractivity contribution < 1.29 is 19.0 Å². The summed E-state index contributed by atoms with van der Waals surface area (Å²) in [6.45, 7) is 3.59. The molecule has 22 heavy (non-hydrogen) atoms. The van der Waals surface area contributed by atoms with E-state index in [0.717, 1.165) is 31.7 Å². The fourth-order valence-electron chi connectivity index (χ4n) is 2.58. The predicted molar refractivity (Wildman–Crippen MR) is 81.0 cm³/mol. The van der Waals surface area contributed by atoms with Crippen molar-refractivity contribution in [3.63, 3.8) is 0 Å². The van der Waals surface area contributed by atoms with E-state index >= 15 is 0 Å². The lowest BCUT2D eigenvalue weighted by molar-refractivity contribution is -0.255. The first-order chi connectivity index (χ1) is 10.6. The molecule has 1 aliphatic carbocycles. The molecule has 116 valence electrons. The Bertz CT molecular complexity index is 611. The van der Waals surface area contributed by atoms with Gasteiger partial charge in [-0.15, -0.1) is 0 Å². The molecule has 0 spiro atoms. The summed E-state index contributed by atoms with van der Waals surface area (Å²) < 4.78 is 19.8. The van der Waals surface area contributed by atoms with Crippen molar-refractivity contribution in [3.8, 4) is 5.75 Å². The minimum absolute atomic E-state index is 0.0547. The quantitative estimate of drug-likeness (QED) is 0.758. The molecule has 0 aromatic heterocycles. The van der Waals surface area contributed by atoms with E-state index in [9.17, 15) is 14.3 Å². The van der Waals surface area contributed by atoms with Crippen LogP contribution in [0.1, 0.15) is 36.0 Å². The molecule has 0 atom stereocenters. The summed E-state index contributed by atoms with van der Waals surface area (Å²) in [4.78, 5) is 10.9. The molecule has 0 bridgehead atoms. The van der Waals surface area contributed by atoms with Gasteiger partial charge in [0.1, 0.15) is 5.60 Å². The summed E-state index contributed by atoms with van der Waals surface area (Å²) in [6, 6.07) is 3.43. The topological polar surface area (TPSA) is 49.4 Å². The van der Waals surface area contributed by atoms with E-state index in [-0.39, 0.29) is 11.3 Å². The van der Waals surface area contributed by atoms with Crippen LogP contribution in [0.15, 0.2) is 55.2 Å². The smallest absolute Gasteiger partial charge is 0.165 e. The van der Waals surface area contributed by atoms with Gasteiger partial charge in [0, 0.05) is 5.56 Å². The second-order valence-electron chi connectivity index (χ2n) is 5.29. The first kappa shape index (κ1) is 16.0. The van der Waals surface area contributed by atoms with E-state index in [4.69, 9.17) is 4.74 Å². The Kier molecular flexibility index (Phi) is 5.15. The number of allylic oxidation sites excluding steroid dienone is 4. The average Bonchev–Trinajstić information content (AvgIpc) is 2.95. The summed E-state index contributed by atoms with van der Waals surface area (Å²) in [7, 11) is 0. The molecule has 1 aromatic carbocycles. The highest BCUT2D eigenvalue weighted by atomic mass is 19.1. The van der Waals surface area contributed by atoms with Crippen LogP contribution in [-0.2, 0) is 0 Å². The number of hydrogen-bond donors (Lipinski definition) is 0. The number of hydrogen-bond acceptors (Lipinski definition) is 3. The van der Waals surface area contributed by atoms with Crippen LogP contribution in [0.25, 0.3) is 0 Å². The standard InChI is InChI=1S/C18H19FO3/c1-2-3-4-5-10-18(11-6-7-12-18)22-16-13-14(17(20)21)8-9-15(16)19/h2-5,8-10,13H,1,6-7,11-12H2,(H,20,21)/p-1/b4-3-,10-5+. The molecular formula is C18H18FO3-. The fourth-order valence-corrected chi connectivity index (χ4v) is 2.58. The SMILES string of the molecule is C=C/C=C\C=C\C1(Oc2cc(C(=O)[O-])ccc2F)CCCC1. The summed E-state index contributed by atoms with van der Waals surface area (Å²) in [5.74, 6) is -1.98. The molecule has 2 rings (SSSR count). The monoisotopic (exact) mass is 301 g/mol. The second kappa shape index (κ2) is 7.07. The molecule has 1 aliphatic rings. The van der Waals surface area contributed by atoms with Gasteiger partial charge in [0.25, 0.3) is 0 Å². The van der Waals surface area contributed by atoms with Crippen molar-refractivity contribution in [2.75, 3.05) is 0 Å². The number of rotatable bonds is 6. The minimum atomic E-state index is -1.35. The highest BCUT2D eigenvalue weighted by Gasteiger charge is 2.34. The van der Waals surface area contributed by atoms with Gasteiger partial charge in [-0.1, -0.05) is 30.9 Å². The number of carbonyl (C=O) groups excluding carboxylic acids is 1. The third kappa shape index (κ3) is 3.85. The van der Waals surface area contributed by atoms with E-state index in [1.54, 1.807) is 12.2 Å². The molecule has 0 aliphatic heterocycles. The lowest BCUT2D eigenvalue weighted by Crippen LogP contribution is -2.30. The normalized spacial score (nSPS) is 17.1. The molecular weight excluding hydrogens is 283 g/mol. The van der Waals surface area contributed by atoms with Crippen LogP contribution in [0.4, 0.5) is 4.39 Å². The summed E-state index contributed by atoms with van der Waals surface area (Å²) in [5, 5.41) is 10.9. The van der Waals surface area contributed by atoms with E-state index in [1.165, 1.54) is 12.1 Å². The zero-order chi connectivity index (χ0) is 16.0. The maximum Gasteiger partial charge on any atom is 0.165 e. The van der Waals surface area contributed by atoms with Gasteiger partial charge in [-0.3, -0.25) is 0 Å². The molecule has 0 unspecified atom stereocenters. The molecule has 0 heterocycles. The van der Waals surface area contributed by atoms with Gasteiger partial charge < -0.3 is 14.6 Å². The molecule has 0 saturated heterocycles. The van der Waals surface area contributed by atoms with Crippen LogP contribution in [0.5, 0.6) is 5.75 Å². The molecule has 0 N–H and O–H groups in total. The summed E-state index contributed by atoms with van der Waals surface area (Å²) >= 11 is 0. The van der Waals surface area contributed by atoms with Crippen molar-refractivity contribution in [2.45, 2.75) is 31.3 Å².